The summed E-state index contributed by atoms with van der Waals surface area (Å²) < 4.78 is 27.2. The quantitative estimate of drug-likeness (QED) is 0.392. The molecule has 34 heavy (non-hydrogen) atoms. The molecule has 0 fully saturated rings. The molecule has 0 unspecified atom stereocenters. The molecule has 1 heterocycles. The summed E-state index contributed by atoms with van der Waals surface area (Å²) in [6.07, 6.45) is 0.142. The summed E-state index contributed by atoms with van der Waals surface area (Å²) in [5.41, 5.74) is 5.10. The molecule has 7 heteroatoms. The van der Waals surface area contributed by atoms with Crippen LogP contribution in [0, 0.1) is 6.92 Å². The van der Waals surface area contributed by atoms with Crippen molar-refractivity contribution >= 4 is 32.5 Å². The van der Waals surface area contributed by atoms with Crippen LogP contribution in [-0.2, 0) is 21.2 Å². The number of anilines is 1. The summed E-state index contributed by atoms with van der Waals surface area (Å²) in [7, 11) is -3.59. The predicted octanol–water partition coefficient (Wildman–Crippen LogP) is 5.08. The van der Waals surface area contributed by atoms with Crippen LogP contribution >= 0.6 is 0 Å². The molecule has 0 aliphatic rings. The van der Waals surface area contributed by atoms with Crippen LogP contribution in [-0.4, -0.2) is 25.4 Å². The Balaban J connectivity index is 1.62. The number of rotatable bonds is 7. The molecule has 0 aliphatic carbocycles. The normalized spacial score (nSPS) is 11.6. The summed E-state index contributed by atoms with van der Waals surface area (Å²) >= 11 is 0. The molecule has 0 aliphatic heterocycles. The minimum absolute atomic E-state index is 0.142. The zero-order chi connectivity index (χ0) is 24.3. The summed E-state index contributed by atoms with van der Waals surface area (Å²) in [6, 6.07) is 23.9. The van der Waals surface area contributed by atoms with Gasteiger partial charge in [-0.3, -0.25) is 9.78 Å². The van der Waals surface area contributed by atoms with E-state index < -0.39 is 10.0 Å². The number of fused-ring (bicyclic) bond motifs is 1. The number of sulfonamides is 1. The molecule has 0 bridgehead atoms. The molecule has 174 valence electrons. The Morgan fingerprint density at radius 2 is 1.56 bits per heavy atom. The summed E-state index contributed by atoms with van der Waals surface area (Å²) in [5.74, 6) is -0.201. The number of carbonyl (C=O) groups is 1. The van der Waals surface area contributed by atoms with Gasteiger partial charge in [0.25, 0.3) is 0 Å². The maximum atomic E-state index is 13.0. The number of nitrogens with zero attached hydrogens (tertiary/aromatic N) is 1. The van der Waals surface area contributed by atoms with Gasteiger partial charge in [-0.15, -0.1) is 0 Å². The zero-order valence-electron chi connectivity index (χ0n) is 19.4. The Bertz CT molecular complexity index is 1430. The maximum absolute atomic E-state index is 13.0. The van der Waals surface area contributed by atoms with Gasteiger partial charge in [0, 0.05) is 22.8 Å². The Morgan fingerprint density at radius 1 is 0.912 bits per heavy atom. The monoisotopic (exact) mass is 473 g/mol. The number of aryl methyl sites for hydroxylation is 1. The molecule has 2 N–H and O–H groups in total. The average Bonchev–Trinajstić information content (AvgIpc) is 2.79. The van der Waals surface area contributed by atoms with Crippen LogP contribution in [0.3, 0.4) is 0 Å². The average molecular weight is 474 g/mol. The standard InChI is InChI=1S/C27H27N3O3S/c1-18(2)30-34(32,33)22-15-13-21(14-16-22)29-26(31)17-24-19(3)28-25-12-8-7-11-23(25)27(24)20-9-5-4-6-10-20/h4-16,18,30H,17H2,1-3H3,(H,29,31). The SMILES string of the molecule is Cc1nc2ccccc2c(-c2ccccc2)c1CC(=O)Nc1ccc(S(=O)(=O)NC(C)C)cc1. The second kappa shape index (κ2) is 9.75. The second-order valence-corrected chi connectivity index (χ2v) is 10.2. The molecule has 0 radical (unpaired) electrons. The molecule has 3 aromatic carbocycles. The first-order valence-electron chi connectivity index (χ1n) is 11.1. The third-order valence-corrected chi connectivity index (χ3v) is 7.11. The van der Waals surface area contributed by atoms with Gasteiger partial charge in [-0.2, -0.15) is 0 Å². The largest absolute Gasteiger partial charge is 0.326 e. The van der Waals surface area contributed by atoms with Crippen molar-refractivity contribution in [2.75, 3.05) is 5.32 Å². The lowest BCUT2D eigenvalue weighted by Crippen LogP contribution is -2.30. The van der Waals surface area contributed by atoms with Crippen molar-refractivity contribution in [2.24, 2.45) is 0 Å². The van der Waals surface area contributed by atoms with Gasteiger partial charge in [-0.1, -0.05) is 48.5 Å². The third-order valence-electron chi connectivity index (χ3n) is 5.44. The van der Waals surface area contributed by atoms with E-state index in [1.54, 1.807) is 26.0 Å². The van der Waals surface area contributed by atoms with Crippen molar-refractivity contribution in [2.45, 2.75) is 38.1 Å². The summed E-state index contributed by atoms with van der Waals surface area (Å²) in [6.45, 7) is 5.45. The molecule has 1 amide bonds. The van der Waals surface area contributed by atoms with Gasteiger partial charge in [0.15, 0.2) is 0 Å². The Labute approximate surface area is 200 Å². The van der Waals surface area contributed by atoms with E-state index in [1.807, 2.05) is 61.5 Å². The van der Waals surface area contributed by atoms with Gasteiger partial charge >= 0.3 is 0 Å². The minimum atomic E-state index is -3.59. The molecule has 0 saturated heterocycles. The molecule has 0 atom stereocenters. The van der Waals surface area contributed by atoms with Crippen molar-refractivity contribution in [1.29, 1.82) is 0 Å². The van der Waals surface area contributed by atoms with Crippen LogP contribution in [0.2, 0.25) is 0 Å². The Kier molecular flexibility index (Phi) is 6.77. The second-order valence-electron chi connectivity index (χ2n) is 8.46. The van der Waals surface area contributed by atoms with Gasteiger partial charge in [-0.25, -0.2) is 13.1 Å². The van der Waals surface area contributed by atoms with Crippen molar-refractivity contribution in [1.82, 2.24) is 9.71 Å². The van der Waals surface area contributed by atoms with E-state index in [9.17, 15) is 13.2 Å². The summed E-state index contributed by atoms with van der Waals surface area (Å²) in [4.78, 5) is 17.9. The predicted molar refractivity (Wildman–Crippen MR) is 136 cm³/mol. The van der Waals surface area contributed by atoms with E-state index in [4.69, 9.17) is 4.98 Å². The molecule has 6 nitrogen and oxygen atoms in total. The van der Waals surface area contributed by atoms with Crippen LogP contribution < -0.4 is 10.0 Å². The van der Waals surface area contributed by atoms with Crippen LogP contribution in [0.25, 0.3) is 22.0 Å². The Hall–Kier alpha value is -3.55. The fourth-order valence-electron chi connectivity index (χ4n) is 3.99. The number of pyridine rings is 1. The highest BCUT2D eigenvalue weighted by Gasteiger charge is 2.18. The minimum Gasteiger partial charge on any atom is -0.326 e. The van der Waals surface area contributed by atoms with E-state index in [-0.39, 0.29) is 23.3 Å². The lowest BCUT2D eigenvalue weighted by Gasteiger charge is -2.16. The van der Waals surface area contributed by atoms with E-state index in [0.717, 1.165) is 33.3 Å². The number of carbonyl (C=O) groups excluding carboxylic acids is 1. The maximum Gasteiger partial charge on any atom is 0.240 e. The van der Waals surface area contributed by atoms with E-state index in [0.29, 0.717) is 5.69 Å². The highest BCUT2D eigenvalue weighted by atomic mass is 32.2. The van der Waals surface area contributed by atoms with Gasteiger partial charge < -0.3 is 5.32 Å². The van der Waals surface area contributed by atoms with Crippen LogP contribution in [0.4, 0.5) is 5.69 Å². The molecular weight excluding hydrogens is 446 g/mol. The fraction of sp³-hybridized carbons (Fsp3) is 0.185. The first-order valence-corrected chi connectivity index (χ1v) is 12.6. The number of nitrogens with one attached hydrogen (secondary N) is 2. The van der Waals surface area contributed by atoms with Gasteiger partial charge in [0.05, 0.1) is 16.8 Å². The number of benzene rings is 3. The van der Waals surface area contributed by atoms with E-state index in [1.165, 1.54) is 12.1 Å². The van der Waals surface area contributed by atoms with Crippen LogP contribution in [0.5, 0.6) is 0 Å². The molecule has 0 spiro atoms. The topological polar surface area (TPSA) is 88.2 Å². The van der Waals surface area contributed by atoms with Crippen molar-refractivity contribution in [3.63, 3.8) is 0 Å². The van der Waals surface area contributed by atoms with Crippen molar-refractivity contribution in [3.05, 3.63) is 90.1 Å². The Morgan fingerprint density at radius 3 is 2.24 bits per heavy atom. The van der Waals surface area contributed by atoms with Gasteiger partial charge in [0.1, 0.15) is 0 Å². The first kappa shape index (κ1) is 23.6. The number of amides is 1. The van der Waals surface area contributed by atoms with Crippen LogP contribution in [0.1, 0.15) is 25.1 Å². The number of hydrogen-bond donors (Lipinski definition) is 2. The first-order chi connectivity index (χ1) is 16.2. The van der Waals surface area contributed by atoms with E-state index >= 15 is 0 Å². The van der Waals surface area contributed by atoms with Gasteiger partial charge in [0.2, 0.25) is 15.9 Å². The number of aromatic nitrogens is 1. The molecule has 0 saturated carbocycles. The van der Waals surface area contributed by atoms with Crippen LogP contribution in [0.15, 0.2) is 83.8 Å². The molecule has 1 aromatic heterocycles. The lowest BCUT2D eigenvalue weighted by molar-refractivity contribution is -0.115. The van der Waals surface area contributed by atoms with Crippen molar-refractivity contribution < 1.29 is 13.2 Å². The number of hydrogen-bond acceptors (Lipinski definition) is 4. The molecular formula is C27H27N3O3S. The van der Waals surface area contributed by atoms with Crippen molar-refractivity contribution in [3.8, 4) is 11.1 Å². The van der Waals surface area contributed by atoms with Gasteiger partial charge in [-0.05, 0) is 67.8 Å². The lowest BCUT2D eigenvalue weighted by atomic mass is 9.92. The molecule has 4 rings (SSSR count). The molecule has 4 aromatic rings. The van der Waals surface area contributed by atoms with E-state index in [2.05, 4.69) is 10.0 Å². The smallest absolute Gasteiger partial charge is 0.240 e. The fourth-order valence-corrected chi connectivity index (χ4v) is 5.24. The highest BCUT2D eigenvalue weighted by molar-refractivity contribution is 7.89. The number of para-hydroxylation sites is 1. The third kappa shape index (κ3) is 5.16. The zero-order valence-corrected chi connectivity index (χ0v) is 20.2. The summed E-state index contributed by atoms with van der Waals surface area (Å²) in [5, 5.41) is 3.88. The highest BCUT2D eigenvalue weighted by Crippen LogP contribution is 2.33.